The van der Waals surface area contributed by atoms with Gasteiger partial charge in [-0.3, -0.25) is 4.68 Å². The van der Waals surface area contributed by atoms with Crippen LogP contribution in [0.2, 0.25) is 5.02 Å². The normalized spacial score (nSPS) is 12.7. The summed E-state index contributed by atoms with van der Waals surface area (Å²) in [6, 6.07) is 6.30. The minimum Gasteiger partial charge on any atom is -0.308 e. The van der Waals surface area contributed by atoms with Gasteiger partial charge in [0.15, 0.2) is 0 Å². The van der Waals surface area contributed by atoms with Gasteiger partial charge in [-0.2, -0.15) is 5.10 Å². The standard InChI is InChI=1S/C12H13ClFN3/c1-15-12(11-5-6-16-17(11)2)9-4-3-8(13)7-10(9)14/h3-7,12,15H,1-2H3. The third-order valence-corrected chi connectivity index (χ3v) is 2.95. The van der Waals surface area contributed by atoms with E-state index in [1.807, 2.05) is 13.1 Å². The van der Waals surface area contributed by atoms with Crippen LogP contribution in [0.3, 0.4) is 0 Å². The topological polar surface area (TPSA) is 29.9 Å². The molecule has 0 fully saturated rings. The van der Waals surface area contributed by atoms with E-state index in [1.54, 1.807) is 30.1 Å². The molecule has 2 aromatic rings. The van der Waals surface area contributed by atoms with E-state index in [0.717, 1.165) is 5.69 Å². The first-order valence-corrected chi connectivity index (χ1v) is 5.61. The Morgan fingerprint density at radius 1 is 1.41 bits per heavy atom. The zero-order valence-electron chi connectivity index (χ0n) is 9.61. The minimum atomic E-state index is -0.321. The fourth-order valence-electron chi connectivity index (χ4n) is 1.87. The lowest BCUT2D eigenvalue weighted by molar-refractivity contribution is 0.552. The number of nitrogens with zero attached hydrogens (tertiary/aromatic N) is 2. The highest BCUT2D eigenvalue weighted by molar-refractivity contribution is 6.30. The molecule has 0 saturated heterocycles. The minimum absolute atomic E-state index is 0.236. The van der Waals surface area contributed by atoms with Crippen molar-refractivity contribution in [1.82, 2.24) is 15.1 Å². The molecule has 17 heavy (non-hydrogen) atoms. The highest BCUT2D eigenvalue weighted by Gasteiger charge is 2.18. The van der Waals surface area contributed by atoms with Crippen molar-refractivity contribution < 1.29 is 4.39 Å². The lowest BCUT2D eigenvalue weighted by Gasteiger charge is -2.17. The number of hydrogen-bond acceptors (Lipinski definition) is 2. The molecule has 0 amide bonds. The van der Waals surface area contributed by atoms with Crippen molar-refractivity contribution in [3.63, 3.8) is 0 Å². The largest absolute Gasteiger partial charge is 0.308 e. The SMILES string of the molecule is CNC(c1ccc(Cl)cc1F)c1ccnn1C. The molecule has 1 aromatic carbocycles. The molecular weight excluding hydrogens is 241 g/mol. The van der Waals surface area contributed by atoms with E-state index < -0.39 is 0 Å². The third kappa shape index (κ3) is 2.33. The molecule has 1 heterocycles. The summed E-state index contributed by atoms with van der Waals surface area (Å²) >= 11 is 5.74. The Labute approximate surface area is 104 Å². The molecule has 0 spiro atoms. The predicted molar refractivity (Wildman–Crippen MR) is 65.5 cm³/mol. The Kier molecular flexibility index (Phi) is 3.45. The quantitative estimate of drug-likeness (QED) is 0.911. The number of aryl methyl sites for hydroxylation is 1. The first-order chi connectivity index (χ1) is 8.13. The molecule has 0 aliphatic carbocycles. The van der Waals surface area contributed by atoms with Gasteiger partial charge in [-0.25, -0.2) is 4.39 Å². The van der Waals surface area contributed by atoms with E-state index in [1.165, 1.54) is 6.07 Å². The number of rotatable bonds is 3. The highest BCUT2D eigenvalue weighted by atomic mass is 35.5. The summed E-state index contributed by atoms with van der Waals surface area (Å²) in [6.45, 7) is 0. The van der Waals surface area contributed by atoms with Gasteiger partial charge in [0, 0.05) is 23.8 Å². The van der Waals surface area contributed by atoms with E-state index in [-0.39, 0.29) is 11.9 Å². The monoisotopic (exact) mass is 253 g/mol. The molecule has 0 saturated carbocycles. The molecule has 0 aliphatic heterocycles. The van der Waals surface area contributed by atoms with E-state index >= 15 is 0 Å². The van der Waals surface area contributed by atoms with Crippen LogP contribution in [0.5, 0.6) is 0 Å². The maximum absolute atomic E-state index is 13.9. The zero-order valence-corrected chi connectivity index (χ0v) is 10.4. The van der Waals surface area contributed by atoms with Crippen LogP contribution in [0.1, 0.15) is 17.3 Å². The van der Waals surface area contributed by atoms with Crippen LogP contribution < -0.4 is 5.32 Å². The zero-order chi connectivity index (χ0) is 12.4. The van der Waals surface area contributed by atoms with Gasteiger partial charge in [-0.05, 0) is 25.2 Å². The summed E-state index contributed by atoms with van der Waals surface area (Å²) in [4.78, 5) is 0. The van der Waals surface area contributed by atoms with Gasteiger partial charge in [-0.1, -0.05) is 17.7 Å². The number of hydrogen-bond donors (Lipinski definition) is 1. The number of nitrogens with one attached hydrogen (secondary N) is 1. The fraction of sp³-hybridized carbons (Fsp3) is 0.250. The van der Waals surface area contributed by atoms with Crippen LogP contribution in [0.4, 0.5) is 4.39 Å². The maximum atomic E-state index is 13.9. The van der Waals surface area contributed by atoms with Crippen LogP contribution in [0.15, 0.2) is 30.5 Å². The second-order valence-corrected chi connectivity index (χ2v) is 4.20. The highest BCUT2D eigenvalue weighted by Crippen LogP contribution is 2.25. The third-order valence-electron chi connectivity index (χ3n) is 2.72. The van der Waals surface area contributed by atoms with E-state index in [0.29, 0.717) is 10.6 Å². The Bertz CT molecular complexity index is 524. The van der Waals surface area contributed by atoms with Crippen LogP contribution >= 0.6 is 11.6 Å². The van der Waals surface area contributed by atoms with Crippen molar-refractivity contribution >= 4 is 11.6 Å². The molecule has 0 radical (unpaired) electrons. The lowest BCUT2D eigenvalue weighted by Crippen LogP contribution is -2.21. The number of benzene rings is 1. The van der Waals surface area contributed by atoms with Crippen molar-refractivity contribution in [2.45, 2.75) is 6.04 Å². The summed E-state index contributed by atoms with van der Waals surface area (Å²) in [7, 11) is 3.61. The van der Waals surface area contributed by atoms with Gasteiger partial charge < -0.3 is 5.32 Å². The van der Waals surface area contributed by atoms with Crippen LogP contribution in [-0.2, 0) is 7.05 Å². The van der Waals surface area contributed by atoms with Crippen molar-refractivity contribution in [2.24, 2.45) is 7.05 Å². The molecule has 1 N–H and O–H groups in total. The van der Waals surface area contributed by atoms with Crippen molar-refractivity contribution in [3.05, 3.63) is 52.6 Å². The molecule has 2 rings (SSSR count). The number of halogens is 2. The van der Waals surface area contributed by atoms with E-state index in [9.17, 15) is 4.39 Å². The molecule has 0 bridgehead atoms. The Morgan fingerprint density at radius 2 is 2.18 bits per heavy atom. The molecular formula is C12H13ClFN3. The molecule has 1 aromatic heterocycles. The summed E-state index contributed by atoms with van der Waals surface area (Å²) < 4.78 is 15.6. The first kappa shape index (κ1) is 12.1. The summed E-state index contributed by atoms with van der Waals surface area (Å²) in [5, 5.41) is 7.56. The van der Waals surface area contributed by atoms with Crippen LogP contribution in [0, 0.1) is 5.82 Å². The Hall–Kier alpha value is -1.39. The van der Waals surface area contributed by atoms with Crippen molar-refractivity contribution in [2.75, 3.05) is 7.05 Å². The second kappa shape index (κ2) is 4.85. The first-order valence-electron chi connectivity index (χ1n) is 5.23. The average Bonchev–Trinajstić information content (AvgIpc) is 2.69. The Morgan fingerprint density at radius 3 is 2.71 bits per heavy atom. The van der Waals surface area contributed by atoms with Gasteiger partial charge in [0.1, 0.15) is 5.82 Å². The summed E-state index contributed by atoms with van der Waals surface area (Å²) in [5.74, 6) is -0.321. The molecule has 90 valence electrons. The van der Waals surface area contributed by atoms with E-state index in [2.05, 4.69) is 10.4 Å². The molecule has 3 nitrogen and oxygen atoms in total. The molecule has 5 heteroatoms. The molecule has 0 aliphatic rings. The predicted octanol–water partition coefficient (Wildman–Crippen LogP) is 2.52. The van der Waals surface area contributed by atoms with Gasteiger partial charge in [0.05, 0.1) is 11.7 Å². The average molecular weight is 254 g/mol. The van der Waals surface area contributed by atoms with E-state index in [4.69, 9.17) is 11.6 Å². The van der Waals surface area contributed by atoms with Crippen LogP contribution in [-0.4, -0.2) is 16.8 Å². The van der Waals surface area contributed by atoms with Crippen molar-refractivity contribution in [3.8, 4) is 0 Å². The fourth-order valence-corrected chi connectivity index (χ4v) is 2.02. The van der Waals surface area contributed by atoms with Gasteiger partial charge in [0.2, 0.25) is 0 Å². The van der Waals surface area contributed by atoms with Crippen LogP contribution in [0.25, 0.3) is 0 Å². The smallest absolute Gasteiger partial charge is 0.129 e. The Balaban J connectivity index is 2.46. The summed E-state index contributed by atoms with van der Waals surface area (Å²) in [6.07, 6.45) is 1.69. The van der Waals surface area contributed by atoms with Gasteiger partial charge in [0.25, 0.3) is 0 Å². The second-order valence-electron chi connectivity index (χ2n) is 3.77. The van der Waals surface area contributed by atoms with Gasteiger partial charge >= 0.3 is 0 Å². The van der Waals surface area contributed by atoms with Crippen molar-refractivity contribution in [1.29, 1.82) is 0 Å². The van der Waals surface area contributed by atoms with Gasteiger partial charge in [-0.15, -0.1) is 0 Å². The lowest BCUT2D eigenvalue weighted by atomic mass is 10.0. The number of aromatic nitrogens is 2. The summed E-state index contributed by atoms with van der Waals surface area (Å²) in [5.41, 5.74) is 1.45. The molecule has 1 unspecified atom stereocenters. The molecule has 1 atom stereocenters. The maximum Gasteiger partial charge on any atom is 0.129 e.